The van der Waals surface area contributed by atoms with Gasteiger partial charge in [-0.1, -0.05) is 157 Å². The first-order valence-electron chi connectivity index (χ1n) is 14.3. The molecular weight excluding hydrogens is 452 g/mol. The van der Waals surface area contributed by atoms with E-state index in [9.17, 15) is 9.59 Å². The molecule has 0 radical (unpaired) electrons. The molecule has 0 heterocycles. The van der Waals surface area contributed by atoms with Gasteiger partial charge in [0.1, 0.15) is 0 Å². The maximum atomic E-state index is 13.4. The molecule has 3 aromatic rings. The highest BCUT2D eigenvalue weighted by molar-refractivity contribution is 6.49. The molecule has 37 heavy (non-hydrogen) atoms. The minimum absolute atomic E-state index is 0.404. The van der Waals surface area contributed by atoms with Crippen molar-refractivity contribution in [2.45, 2.75) is 96.8 Å². The van der Waals surface area contributed by atoms with Gasteiger partial charge in [0.15, 0.2) is 0 Å². The summed E-state index contributed by atoms with van der Waals surface area (Å²) >= 11 is 0. The average Bonchev–Trinajstić information content (AvgIpc) is 2.94. The van der Waals surface area contributed by atoms with Crippen molar-refractivity contribution in [1.82, 2.24) is 0 Å². The van der Waals surface area contributed by atoms with Gasteiger partial charge in [-0.15, -0.1) is 0 Å². The Hall–Kier alpha value is -3.00. The van der Waals surface area contributed by atoms with Crippen molar-refractivity contribution >= 4 is 11.6 Å². The monoisotopic (exact) mass is 496 g/mol. The fourth-order valence-corrected chi connectivity index (χ4v) is 5.37. The largest absolute Gasteiger partial charge is 0.285 e. The number of carbonyl (C=O) groups excluding carboxylic acids is 2. The summed E-state index contributed by atoms with van der Waals surface area (Å²) in [6.07, 6.45) is 14.3. The number of ketones is 2. The van der Waals surface area contributed by atoms with Crippen LogP contribution in [0.5, 0.6) is 0 Å². The van der Waals surface area contributed by atoms with Gasteiger partial charge in [0.25, 0.3) is 0 Å². The van der Waals surface area contributed by atoms with E-state index in [1.165, 1.54) is 75.3 Å². The minimum atomic E-state index is -0.456. The first-order valence-corrected chi connectivity index (χ1v) is 14.3. The van der Waals surface area contributed by atoms with Gasteiger partial charge in [-0.25, -0.2) is 0 Å². The van der Waals surface area contributed by atoms with E-state index >= 15 is 0 Å². The fraction of sp³-hybridized carbons (Fsp3) is 0.429. The van der Waals surface area contributed by atoms with E-state index in [1.807, 2.05) is 24.3 Å². The molecular formula is C35H44O2. The third-order valence-corrected chi connectivity index (χ3v) is 7.58. The summed E-state index contributed by atoms with van der Waals surface area (Å²) in [5.41, 5.74) is 4.00. The number of Topliss-reactive ketones (excluding diaryl/α,β-unsaturated/α-hetero) is 2. The second-order valence-electron chi connectivity index (χ2n) is 10.8. The maximum absolute atomic E-state index is 13.4. The summed E-state index contributed by atoms with van der Waals surface area (Å²) in [7, 11) is 0. The van der Waals surface area contributed by atoms with Crippen molar-refractivity contribution in [3.05, 3.63) is 107 Å². The summed E-state index contributed by atoms with van der Waals surface area (Å²) in [5, 5.41) is 0. The number of hydrogen-bond acceptors (Lipinski definition) is 2. The van der Waals surface area contributed by atoms with Crippen LogP contribution in [0.2, 0.25) is 0 Å². The van der Waals surface area contributed by atoms with E-state index in [0.717, 1.165) is 12.0 Å². The molecule has 0 spiro atoms. The summed E-state index contributed by atoms with van der Waals surface area (Å²) in [5.74, 6) is -0.899. The van der Waals surface area contributed by atoms with Crippen molar-refractivity contribution in [2.75, 3.05) is 0 Å². The number of aryl methyl sites for hydroxylation is 1. The molecule has 0 bridgehead atoms. The molecule has 0 saturated heterocycles. The van der Waals surface area contributed by atoms with Crippen LogP contribution in [0.3, 0.4) is 0 Å². The first-order chi connectivity index (χ1) is 18.0. The van der Waals surface area contributed by atoms with Gasteiger partial charge in [0.2, 0.25) is 11.6 Å². The van der Waals surface area contributed by atoms with Crippen molar-refractivity contribution < 1.29 is 9.59 Å². The smallest absolute Gasteiger partial charge is 0.233 e. The Labute approximate surface area is 224 Å². The van der Waals surface area contributed by atoms with Gasteiger partial charge < -0.3 is 0 Å². The molecule has 0 N–H and O–H groups in total. The lowest BCUT2D eigenvalue weighted by Gasteiger charge is -2.30. The quantitative estimate of drug-likeness (QED) is 0.112. The zero-order chi connectivity index (χ0) is 26.5. The van der Waals surface area contributed by atoms with Crippen molar-refractivity contribution in [3.8, 4) is 0 Å². The van der Waals surface area contributed by atoms with Crippen LogP contribution in [0, 0.1) is 0 Å². The van der Waals surface area contributed by atoms with Gasteiger partial charge >= 0.3 is 0 Å². The molecule has 3 rings (SSSR count). The Bertz CT molecular complexity index is 1130. The number of hydrogen-bond donors (Lipinski definition) is 0. The van der Waals surface area contributed by atoms with Gasteiger partial charge in [-0.2, -0.15) is 0 Å². The van der Waals surface area contributed by atoms with Crippen LogP contribution in [0.15, 0.2) is 78.9 Å². The van der Waals surface area contributed by atoms with Gasteiger partial charge in [0, 0.05) is 16.5 Å². The average molecular weight is 497 g/mol. The maximum Gasteiger partial charge on any atom is 0.233 e. The second kappa shape index (κ2) is 14.7. The summed E-state index contributed by atoms with van der Waals surface area (Å²) in [6, 6.07) is 25.1. The van der Waals surface area contributed by atoms with Gasteiger partial charge in [-0.05, 0) is 29.5 Å². The van der Waals surface area contributed by atoms with E-state index in [0.29, 0.717) is 11.1 Å². The Balaban J connectivity index is 1.67. The predicted molar refractivity (Wildman–Crippen MR) is 156 cm³/mol. The highest BCUT2D eigenvalue weighted by atomic mass is 16.2. The van der Waals surface area contributed by atoms with Crippen LogP contribution in [0.4, 0.5) is 0 Å². The van der Waals surface area contributed by atoms with Gasteiger partial charge in [-0.3, -0.25) is 9.59 Å². The van der Waals surface area contributed by atoms with Crippen LogP contribution in [0.25, 0.3) is 0 Å². The predicted octanol–water partition coefficient (Wildman–Crippen LogP) is 9.54. The zero-order valence-electron chi connectivity index (χ0n) is 23.1. The molecule has 2 heteroatoms. The lowest BCUT2D eigenvalue weighted by Crippen LogP contribution is -2.26. The van der Waals surface area contributed by atoms with E-state index < -0.39 is 17.0 Å². The van der Waals surface area contributed by atoms with E-state index in [2.05, 4.69) is 45.0 Å². The SMILES string of the molecule is CCCCCCCCCCCCc1ccccc1C(C)(C)c1ccccc1C(=O)C(=O)c1ccccc1. The lowest BCUT2D eigenvalue weighted by atomic mass is 9.73. The molecule has 0 unspecified atom stereocenters. The number of unbranched alkanes of at least 4 members (excludes halogenated alkanes) is 9. The van der Waals surface area contributed by atoms with Crippen molar-refractivity contribution in [2.24, 2.45) is 0 Å². The molecule has 3 aromatic carbocycles. The second-order valence-corrected chi connectivity index (χ2v) is 10.8. The Morgan fingerprint density at radius 2 is 1.08 bits per heavy atom. The standard InChI is InChI=1S/C35H44O2/c1-4-5-6-7-8-9-10-11-12-14-21-28-22-17-19-26-31(28)35(2,3)32-27-20-18-25-30(32)34(37)33(36)29-23-15-13-16-24-29/h13,15-20,22-27H,4-12,14,21H2,1-3H3. The highest BCUT2D eigenvalue weighted by Gasteiger charge is 2.31. The van der Waals surface area contributed by atoms with E-state index in [1.54, 1.807) is 30.3 Å². The molecule has 196 valence electrons. The van der Waals surface area contributed by atoms with Gasteiger partial charge in [0.05, 0.1) is 0 Å². The van der Waals surface area contributed by atoms with Crippen LogP contribution in [-0.2, 0) is 11.8 Å². The molecule has 0 saturated carbocycles. The first kappa shape index (κ1) is 28.6. The Kier molecular flexibility index (Phi) is 11.3. The zero-order valence-corrected chi connectivity index (χ0v) is 23.1. The van der Waals surface area contributed by atoms with E-state index in [4.69, 9.17) is 0 Å². The summed E-state index contributed by atoms with van der Waals surface area (Å²) in [4.78, 5) is 26.3. The molecule has 0 aliphatic rings. The Morgan fingerprint density at radius 3 is 1.73 bits per heavy atom. The molecule has 0 fully saturated rings. The molecule has 0 atom stereocenters. The van der Waals surface area contributed by atoms with Crippen LogP contribution < -0.4 is 0 Å². The van der Waals surface area contributed by atoms with E-state index in [-0.39, 0.29) is 0 Å². The minimum Gasteiger partial charge on any atom is -0.285 e. The fourth-order valence-electron chi connectivity index (χ4n) is 5.37. The molecule has 0 aliphatic carbocycles. The highest BCUT2D eigenvalue weighted by Crippen LogP contribution is 2.36. The summed E-state index contributed by atoms with van der Waals surface area (Å²) in [6.45, 7) is 6.61. The molecule has 0 aliphatic heterocycles. The number of rotatable bonds is 16. The number of carbonyl (C=O) groups is 2. The Morgan fingerprint density at radius 1 is 0.568 bits per heavy atom. The molecule has 2 nitrogen and oxygen atoms in total. The number of benzene rings is 3. The van der Waals surface area contributed by atoms with Crippen molar-refractivity contribution in [3.63, 3.8) is 0 Å². The normalized spacial score (nSPS) is 11.4. The summed E-state index contributed by atoms with van der Waals surface area (Å²) < 4.78 is 0. The third-order valence-electron chi connectivity index (χ3n) is 7.58. The third kappa shape index (κ3) is 7.99. The van der Waals surface area contributed by atoms with Crippen LogP contribution in [0.1, 0.15) is 122 Å². The molecule has 0 amide bonds. The molecule has 0 aromatic heterocycles. The van der Waals surface area contributed by atoms with Crippen LogP contribution in [-0.4, -0.2) is 11.6 Å². The van der Waals surface area contributed by atoms with Crippen LogP contribution >= 0.6 is 0 Å². The topological polar surface area (TPSA) is 34.1 Å². The lowest BCUT2D eigenvalue weighted by molar-refractivity contribution is 0.0816. The van der Waals surface area contributed by atoms with Crippen molar-refractivity contribution in [1.29, 1.82) is 0 Å².